The van der Waals surface area contributed by atoms with Crippen LogP contribution in [0.5, 0.6) is 0 Å². The van der Waals surface area contributed by atoms with Gasteiger partial charge >= 0.3 is 0 Å². The first kappa shape index (κ1) is 43.1. The molecule has 2 aliphatic carbocycles. The van der Waals surface area contributed by atoms with Crippen LogP contribution >= 0.6 is 0 Å². The van der Waals surface area contributed by atoms with Gasteiger partial charge in [0.05, 0.1) is 11.1 Å². The van der Waals surface area contributed by atoms with Gasteiger partial charge in [-0.1, -0.05) is 202 Å². The molecular formula is C69H60BN3. The molecule has 9 aromatic rings. The summed E-state index contributed by atoms with van der Waals surface area (Å²) >= 11 is 0. The largest absolute Gasteiger partial charge is 0.335 e. The smallest absolute Gasteiger partial charge is 0.252 e. The molecule has 0 bridgehead atoms. The highest BCUT2D eigenvalue weighted by atomic mass is 15.3. The van der Waals surface area contributed by atoms with Crippen molar-refractivity contribution in [2.24, 2.45) is 0 Å². The lowest BCUT2D eigenvalue weighted by Crippen LogP contribution is -2.65. The third-order valence-electron chi connectivity index (χ3n) is 19.5. The molecule has 4 unspecified atom stereocenters. The van der Waals surface area contributed by atoms with Crippen molar-refractivity contribution < 1.29 is 0 Å². The fourth-order valence-corrected chi connectivity index (χ4v) is 15.9. The second-order valence-corrected chi connectivity index (χ2v) is 22.8. The normalized spacial score (nSPS) is 23.8. The van der Waals surface area contributed by atoms with Crippen molar-refractivity contribution >= 4 is 62.9 Å². The topological polar surface area (TPSA) is 9.72 Å². The van der Waals surface area contributed by atoms with E-state index in [2.05, 4.69) is 248 Å². The van der Waals surface area contributed by atoms with Crippen LogP contribution in [0.15, 0.2) is 212 Å². The van der Waals surface area contributed by atoms with Gasteiger partial charge in [-0.05, 0) is 148 Å². The number of para-hydroxylation sites is 1. The van der Waals surface area contributed by atoms with Gasteiger partial charge < -0.3 is 14.7 Å². The van der Waals surface area contributed by atoms with Gasteiger partial charge in [-0.3, -0.25) is 0 Å². The monoisotopic (exact) mass is 941 g/mol. The molecule has 354 valence electrons. The minimum absolute atomic E-state index is 0.0233. The van der Waals surface area contributed by atoms with Crippen molar-refractivity contribution in [2.75, 3.05) is 14.7 Å². The first-order chi connectivity index (χ1) is 35.8. The Balaban J connectivity index is 1.04. The van der Waals surface area contributed by atoms with Crippen molar-refractivity contribution in [3.8, 4) is 33.4 Å². The number of hydrogen-bond acceptors (Lipinski definition) is 3. The maximum absolute atomic E-state index is 2.93. The Morgan fingerprint density at radius 2 is 0.918 bits per heavy atom. The van der Waals surface area contributed by atoms with E-state index in [1.807, 2.05) is 0 Å². The van der Waals surface area contributed by atoms with Crippen LogP contribution in [-0.2, 0) is 10.8 Å². The van der Waals surface area contributed by atoms with Gasteiger partial charge in [-0.25, -0.2) is 0 Å². The molecule has 2 fully saturated rings. The summed E-state index contributed by atoms with van der Waals surface area (Å²) in [7, 11) is 0. The van der Waals surface area contributed by atoms with E-state index in [-0.39, 0.29) is 28.6 Å². The summed E-state index contributed by atoms with van der Waals surface area (Å²) in [6, 6.07) is 81.5. The number of benzene rings is 9. The van der Waals surface area contributed by atoms with Crippen LogP contribution in [0.4, 0.5) is 39.8 Å². The summed E-state index contributed by atoms with van der Waals surface area (Å²) in [6.45, 7) is 7.87. The highest BCUT2D eigenvalue weighted by molar-refractivity contribution is 7.00. The summed E-state index contributed by atoms with van der Waals surface area (Å²) in [5, 5.41) is 0. The molecule has 4 heterocycles. The summed E-state index contributed by atoms with van der Waals surface area (Å²) in [5.74, 6) is 0. The number of hydrogen-bond donors (Lipinski definition) is 0. The molecule has 0 aromatic heterocycles. The van der Waals surface area contributed by atoms with E-state index in [1.165, 1.54) is 138 Å². The second-order valence-electron chi connectivity index (χ2n) is 22.8. The molecule has 2 saturated carbocycles. The van der Waals surface area contributed by atoms with Gasteiger partial charge in [0, 0.05) is 50.6 Å². The maximum Gasteiger partial charge on any atom is 0.252 e. The zero-order valence-electron chi connectivity index (χ0n) is 42.3. The van der Waals surface area contributed by atoms with Gasteiger partial charge in [0.25, 0.3) is 6.71 Å². The summed E-state index contributed by atoms with van der Waals surface area (Å²) in [6.07, 6.45) is 9.43. The highest BCUT2D eigenvalue weighted by Gasteiger charge is 2.65. The molecule has 9 aromatic carbocycles. The van der Waals surface area contributed by atoms with Crippen molar-refractivity contribution in [2.45, 2.75) is 94.0 Å². The zero-order chi connectivity index (χ0) is 48.7. The van der Waals surface area contributed by atoms with E-state index in [1.54, 1.807) is 0 Å². The third-order valence-corrected chi connectivity index (χ3v) is 19.5. The molecule has 0 N–H and O–H groups in total. The molecule has 4 aliphatic heterocycles. The standard InChI is InChI=1S/C69H60BN3/c1-66-39-16-17-40-67(66,2)72(60-37-33-51(43-57(60)66)48-23-10-5-11-24-48)55-45-62-64-63(46-55)73-65-56(69(53-27-14-7-15-28-53)42-19-18-41-68(69,73)3)29-20-30-58(65)70(64)59-44-52(49-25-12-6-13-26-49)34-38-61(59)71(62)54-35-31-50(32-36-54)47-21-8-4-9-22-47/h4-15,20-38,43-46H,16-19,39-42H2,1-3H3. The van der Waals surface area contributed by atoms with Crippen LogP contribution in [0.1, 0.15) is 88.8 Å². The van der Waals surface area contributed by atoms with E-state index < -0.39 is 0 Å². The number of anilines is 7. The lowest BCUT2D eigenvalue weighted by Gasteiger charge is -2.54. The number of rotatable bonds is 6. The highest BCUT2D eigenvalue weighted by Crippen LogP contribution is 2.66. The number of fused-ring (bicyclic) bond motifs is 10. The fraction of sp³-hybridized carbons (Fsp3) is 0.217. The molecule has 3 nitrogen and oxygen atoms in total. The van der Waals surface area contributed by atoms with Crippen LogP contribution in [-0.4, -0.2) is 17.8 Å². The minimum Gasteiger partial charge on any atom is -0.335 e. The summed E-state index contributed by atoms with van der Waals surface area (Å²) < 4.78 is 0. The molecule has 0 amide bonds. The van der Waals surface area contributed by atoms with Gasteiger partial charge in [0.15, 0.2) is 0 Å². The Morgan fingerprint density at radius 1 is 0.370 bits per heavy atom. The lowest BCUT2D eigenvalue weighted by molar-refractivity contribution is 0.195. The Labute approximate surface area is 431 Å². The molecule has 0 saturated heterocycles. The van der Waals surface area contributed by atoms with E-state index in [9.17, 15) is 0 Å². The quantitative estimate of drug-likeness (QED) is 0.154. The van der Waals surface area contributed by atoms with E-state index >= 15 is 0 Å². The van der Waals surface area contributed by atoms with Crippen molar-refractivity contribution in [3.05, 3.63) is 229 Å². The lowest BCUT2D eigenvalue weighted by atomic mass is 9.33. The predicted molar refractivity (Wildman–Crippen MR) is 308 cm³/mol. The average molecular weight is 942 g/mol. The van der Waals surface area contributed by atoms with E-state index in [0.29, 0.717) is 0 Å². The predicted octanol–water partition coefficient (Wildman–Crippen LogP) is 15.8. The zero-order valence-corrected chi connectivity index (χ0v) is 42.3. The SMILES string of the molecule is CC12CCCCC1(C)N(c1cc3c4c(c1)N1c5c(cccc5C5(c6ccccc6)CCCCC15C)B4c1cc(-c4ccccc4)ccc1N3c1ccc(-c3ccccc3)cc1)c1ccc(-c3ccccc3)cc12. The molecule has 73 heavy (non-hydrogen) atoms. The first-order valence-corrected chi connectivity index (χ1v) is 27.1. The average Bonchev–Trinajstić information content (AvgIpc) is 3.90. The van der Waals surface area contributed by atoms with Gasteiger partial charge in [-0.2, -0.15) is 0 Å². The van der Waals surface area contributed by atoms with Crippen molar-refractivity contribution in [1.29, 1.82) is 0 Å². The molecular weight excluding hydrogens is 882 g/mol. The summed E-state index contributed by atoms with van der Waals surface area (Å²) in [4.78, 5) is 8.43. The van der Waals surface area contributed by atoms with Crippen molar-refractivity contribution in [1.82, 2.24) is 0 Å². The Morgan fingerprint density at radius 3 is 1.60 bits per heavy atom. The van der Waals surface area contributed by atoms with Crippen LogP contribution in [0.3, 0.4) is 0 Å². The van der Waals surface area contributed by atoms with Gasteiger partial charge in [0.1, 0.15) is 0 Å². The van der Waals surface area contributed by atoms with Crippen molar-refractivity contribution in [3.63, 3.8) is 0 Å². The molecule has 0 radical (unpaired) electrons. The fourth-order valence-electron chi connectivity index (χ4n) is 15.9. The number of nitrogens with zero attached hydrogens (tertiary/aromatic N) is 3. The van der Waals surface area contributed by atoms with Crippen LogP contribution in [0.25, 0.3) is 33.4 Å². The molecule has 4 atom stereocenters. The minimum atomic E-state index is -0.215. The Bertz CT molecular complexity index is 3650. The Hall–Kier alpha value is -7.56. The van der Waals surface area contributed by atoms with Crippen LogP contribution < -0.4 is 31.1 Å². The van der Waals surface area contributed by atoms with Gasteiger partial charge in [0.2, 0.25) is 0 Å². The van der Waals surface area contributed by atoms with E-state index in [4.69, 9.17) is 0 Å². The molecule has 4 heteroatoms. The molecule has 6 aliphatic rings. The Kier molecular flexibility index (Phi) is 9.28. The van der Waals surface area contributed by atoms with Crippen LogP contribution in [0.2, 0.25) is 0 Å². The molecule has 15 rings (SSSR count). The van der Waals surface area contributed by atoms with Crippen LogP contribution in [0, 0.1) is 0 Å². The third kappa shape index (κ3) is 5.78. The first-order valence-electron chi connectivity index (χ1n) is 27.1. The summed E-state index contributed by atoms with van der Waals surface area (Å²) in [5.41, 5.74) is 24.8. The second kappa shape index (κ2) is 15.7. The molecule has 0 spiro atoms. The van der Waals surface area contributed by atoms with Gasteiger partial charge in [-0.15, -0.1) is 0 Å². The van der Waals surface area contributed by atoms with E-state index in [0.717, 1.165) is 19.3 Å². The maximum atomic E-state index is 2.93.